The number of aliphatic hydroxyl groups is 1. The maximum Gasteiger partial charge on any atom is 0.119 e. The van der Waals surface area contributed by atoms with Crippen LogP contribution >= 0.6 is 0 Å². The third-order valence-corrected chi connectivity index (χ3v) is 4.35. The molecule has 0 aliphatic carbocycles. The van der Waals surface area contributed by atoms with E-state index in [0.29, 0.717) is 0 Å². The molecule has 0 amide bonds. The summed E-state index contributed by atoms with van der Waals surface area (Å²) in [5.74, 6) is 0.935. The molecule has 22 heavy (non-hydrogen) atoms. The summed E-state index contributed by atoms with van der Waals surface area (Å²) >= 11 is 0. The van der Waals surface area contributed by atoms with E-state index in [1.807, 2.05) is 19.1 Å². The second-order valence-electron chi connectivity index (χ2n) is 6.59. The van der Waals surface area contributed by atoms with E-state index in [-0.39, 0.29) is 0 Å². The minimum Gasteiger partial charge on any atom is -0.494 e. The Labute approximate surface area is 135 Å². The third kappa shape index (κ3) is 7.28. The smallest absolute Gasteiger partial charge is 0.119 e. The number of nitrogens with two attached hydrogens (primary N) is 1. The standard InChI is InChI=1S/C19H33NO2/c1-4-5-6-7-8-15-22-18-11-9-17(10-12-18)13-14-19(3,20)16(2)21/h9-12,16,21H,4-8,13-15,20H2,1-3H3/t16?,19-/m0/s1. The average molecular weight is 307 g/mol. The molecule has 0 bridgehead atoms. The molecule has 0 saturated heterocycles. The van der Waals surface area contributed by atoms with Crippen molar-refractivity contribution < 1.29 is 9.84 Å². The highest BCUT2D eigenvalue weighted by Gasteiger charge is 2.24. The number of hydrogen-bond acceptors (Lipinski definition) is 3. The molecule has 1 aromatic rings. The van der Waals surface area contributed by atoms with Crippen LogP contribution in [0.3, 0.4) is 0 Å². The first kappa shape index (κ1) is 19.0. The van der Waals surface area contributed by atoms with E-state index < -0.39 is 11.6 Å². The van der Waals surface area contributed by atoms with Gasteiger partial charge < -0.3 is 15.6 Å². The lowest BCUT2D eigenvalue weighted by Gasteiger charge is -2.27. The molecule has 0 radical (unpaired) electrons. The predicted molar refractivity (Wildman–Crippen MR) is 93.3 cm³/mol. The Morgan fingerprint density at radius 3 is 2.36 bits per heavy atom. The van der Waals surface area contributed by atoms with E-state index in [1.54, 1.807) is 6.92 Å². The van der Waals surface area contributed by atoms with Crippen LogP contribution in [0.1, 0.15) is 64.9 Å². The van der Waals surface area contributed by atoms with Gasteiger partial charge in [-0.05, 0) is 50.8 Å². The number of ether oxygens (including phenoxy) is 1. The van der Waals surface area contributed by atoms with Gasteiger partial charge in [0.05, 0.1) is 12.7 Å². The summed E-state index contributed by atoms with van der Waals surface area (Å²) in [4.78, 5) is 0. The molecule has 0 aliphatic heterocycles. The molecule has 0 spiro atoms. The number of benzene rings is 1. The Morgan fingerprint density at radius 1 is 1.14 bits per heavy atom. The van der Waals surface area contributed by atoms with Gasteiger partial charge in [0.1, 0.15) is 5.75 Å². The van der Waals surface area contributed by atoms with E-state index in [0.717, 1.165) is 31.6 Å². The second-order valence-corrected chi connectivity index (χ2v) is 6.59. The number of aliphatic hydroxyl groups excluding tert-OH is 1. The van der Waals surface area contributed by atoms with Crippen LogP contribution in [0.2, 0.25) is 0 Å². The molecule has 0 heterocycles. The summed E-state index contributed by atoms with van der Waals surface area (Å²) in [7, 11) is 0. The number of hydrogen-bond donors (Lipinski definition) is 2. The van der Waals surface area contributed by atoms with Gasteiger partial charge in [0, 0.05) is 5.54 Å². The van der Waals surface area contributed by atoms with E-state index in [1.165, 1.54) is 31.2 Å². The highest BCUT2D eigenvalue weighted by molar-refractivity contribution is 5.27. The number of unbranched alkanes of at least 4 members (excludes halogenated alkanes) is 4. The van der Waals surface area contributed by atoms with Gasteiger partial charge in [0.15, 0.2) is 0 Å². The van der Waals surface area contributed by atoms with Gasteiger partial charge in [-0.25, -0.2) is 0 Å². The van der Waals surface area contributed by atoms with E-state index >= 15 is 0 Å². The van der Waals surface area contributed by atoms with Crippen LogP contribution in [0.15, 0.2) is 24.3 Å². The van der Waals surface area contributed by atoms with Crippen molar-refractivity contribution in [2.45, 2.75) is 77.4 Å². The Morgan fingerprint density at radius 2 is 1.77 bits per heavy atom. The van der Waals surface area contributed by atoms with Crippen LogP contribution < -0.4 is 10.5 Å². The Hall–Kier alpha value is -1.06. The monoisotopic (exact) mass is 307 g/mol. The van der Waals surface area contributed by atoms with Crippen LogP contribution in [-0.2, 0) is 6.42 Å². The van der Waals surface area contributed by atoms with Crippen LogP contribution in [0, 0.1) is 0 Å². The highest BCUT2D eigenvalue weighted by Crippen LogP contribution is 2.18. The molecule has 3 heteroatoms. The van der Waals surface area contributed by atoms with Gasteiger partial charge in [-0.2, -0.15) is 0 Å². The molecule has 126 valence electrons. The highest BCUT2D eigenvalue weighted by atomic mass is 16.5. The first-order valence-corrected chi connectivity index (χ1v) is 8.64. The molecule has 2 atom stereocenters. The fourth-order valence-corrected chi connectivity index (χ4v) is 2.27. The van der Waals surface area contributed by atoms with Crippen molar-refractivity contribution in [3.63, 3.8) is 0 Å². The molecular formula is C19H33NO2. The summed E-state index contributed by atoms with van der Waals surface area (Å²) in [6.45, 7) is 6.67. The maximum absolute atomic E-state index is 9.63. The summed E-state index contributed by atoms with van der Waals surface area (Å²) in [6.07, 6.45) is 7.42. The maximum atomic E-state index is 9.63. The molecule has 0 saturated carbocycles. The molecule has 3 nitrogen and oxygen atoms in total. The third-order valence-electron chi connectivity index (χ3n) is 4.35. The zero-order valence-corrected chi connectivity index (χ0v) is 14.5. The summed E-state index contributed by atoms with van der Waals surface area (Å²) < 4.78 is 5.76. The molecule has 1 rings (SSSR count). The fraction of sp³-hybridized carbons (Fsp3) is 0.684. The van der Waals surface area contributed by atoms with Crippen LogP contribution in [0.5, 0.6) is 5.75 Å². The quantitative estimate of drug-likeness (QED) is 0.606. The topological polar surface area (TPSA) is 55.5 Å². The second kappa shape index (κ2) is 9.86. The SMILES string of the molecule is CCCCCCCOc1ccc(CC[C@](C)(N)C(C)O)cc1. The summed E-state index contributed by atoms with van der Waals surface area (Å²) in [5.41, 5.74) is 6.77. The Bertz CT molecular complexity index is 398. The molecule has 3 N–H and O–H groups in total. The first-order valence-electron chi connectivity index (χ1n) is 8.64. The molecule has 0 fully saturated rings. The fourth-order valence-electron chi connectivity index (χ4n) is 2.27. The zero-order valence-electron chi connectivity index (χ0n) is 14.5. The van der Waals surface area contributed by atoms with Gasteiger partial charge in [0.2, 0.25) is 0 Å². The Kier molecular flexibility index (Phi) is 8.51. The van der Waals surface area contributed by atoms with E-state index in [9.17, 15) is 5.11 Å². The summed E-state index contributed by atoms with van der Waals surface area (Å²) in [6, 6.07) is 8.23. The normalized spacial score (nSPS) is 15.3. The van der Waals surface area contributed by atoms with Gasteiger partial charge in [-0.3, -0.25) is 0 Å². The minimum atomic E-state index is -0.534. The molecular weight excluding hydrogens is 274 g/mol. The van der Waals surface area contributed by atoms with Crippen molar-refractivity contribution in [2.75, 3.05) is 6.61 Å². The van der Waals surface area contributed by atoms with E-state index in [4.69, 9.17) is 10.5 Å². The van der Waals surface area contributed by atoms with Crippen LogP contribution in [0.25, 0.3) is 0 Å². The van der Waals surface area contributed by atoms with Crippen molar-refractivity contribution in [3.8, 4) is 5.75 Å². The molecule has 0 aliphatic rings. The lowest BCUT2D eigenvalue weighted by atomic mass is 9.90. The van der Waals surface area contributed by atoms with E-state index in [2.05, 4.69) is 19.1 Å². The number of rotatable bonds is 11. The van der Waals surface area contributed by atoms with Crippen molar-refractivity contribution in [2.24, 2.45) is 5.73 Å². The molecule has 0 aromatic heterocycles. The molecule has 1 aromatic carbocycles. The Balaban J connectivity index is 2.28. The minimum absolute atomic E-state index is 0.497. The van der Waals surface area contributed by atoms with Gasteiger partial charge in [0.25, 0.3) is 0 Å². The van der Waals surface area contributed by atoms with Gasteiger partial charge in [-0.1, -0.05) is 44.7 Å². The predicted octanol–water partition coefficient (Wildman–Crippen LogP) is 4.07. The summed E-state index contributed by atoms with van der Waals surface area (Å²) in [5, 5.41) is 9.63. The first-order chi connectivity index (χ1) is 10.5. The van der Waals surface area contributed by atoms with Crippen molar-refractivity contribution in [1.82, 2.24) is 0 Å². The van der Waals surface area contributed by atoms with Crippen molar-refractivity contribution >= 4 is 0 Å². The number of aryl methyl sites for hydroxylation is 1. The molecule has 1 unspecified atom stereocenters. The van der Waals surface area contributed by atoms with Crippen molar-refractivity contribution in [3.05, 3.63) is 29.8 Å². The zero-order chi connectivity index (χ0) is 16.4. The lowest BCUT2D eigenvalue weighted by Crippen LogP contribution is -2.46. The largest absolute Gasteiger partial charge is 0.494 e. The van der Waals surface area contributed by atoms with Crippen molar-refractivity contribution in [1.29, 1.82) is 0 Å². The van der Waals surface area contributed by atoms with Crippen LogP contribution in [0.4, 0.5) is 0 Å². The van der Waals surface area contributed by atoms with Gasteiger partial charge >= 0.3 is 0 Å². The van der Waals surface area contributed by atoms with Crippen LogP contribution in [-0.4, -0.2) is 23.4 Å². The average Bonchev–Trinajstić information content (AvgIpc) is 2.50. The van der Waals surface area contributed by atoms with Gasteiger partial charge in [-0.15, -0.1) is 0 Å². The lowest BCUT2D eigenvalue weighted by molar-refractivity contribution is 0.106.